The van der Waals surface area contributed by atoms with Gasteiger partial charge in [0.2, 0.25) is 5.95 Å². The predicted octanol–water partition coefficient (Wildman–Crippen LogP) is 1.23. The molecule has 1 amide bonds. The van der Waals surface area contributed by atoms with Gasteiger partial charge in [-0.25, -0.2) is 14.4 Å². The summed E-state index contributed by atoms with van der Waals surface area (Å²) in [5, 5.41) is 5.80. The van der Waals surface area contributed by atoms with E-state index in [1.807, 2.05) is 0 Å². The van der Waals surface area contributed by atoms with Crippen LogP contribution in [-0.4, -0.2) is 40.5 Å². The zero-order valence-corrected chi connectivity index (χ0v) is 13.8. The molecule has 2 heterocycles. The Morgan fingerprint density at radius 1 is 1.28 bits per heavy atom. The Bertz CT molecular complexity index is 732. The summed E-state index contributed by atoms with van der Waals surface area (Å²) in [6.07, 6.45) is 7.30. The molecule has 25 heavy (non-hydrogen) atoms. The van der Waals surface area contributed by atoms with Crippen molar-refractivity contribution in [1.82, 2.24) is 20.3 Å². The molecule has 0 atom stereocenters. The maximum atomic E-state index is 14.1. The van der Waals surface area contributed by atoms with Crippen molar-refractivity contribution in [2.24, 2.45) is 5.73 Å². The number of carbonyl (C=O) groups excluding carboxylic acids is 1. The molecule has 1 aliphatic rings. The van der Waals surface area contributed by atoms with E-state index in [1.54, 1.807) is 12.3 Å². The maximum absolute atomic E-state index is 14.1. The molecule has 0 aliphatic heterocycles. The second-order valence-electron chi connectivity index (χ2n) is 6.16. The molecule has 0 saturated heterocycles. The summed E-state index contributed by atoms with van der Waals surface area (Å²) >= 11 is 0. The van der Waals surface area contributed by atoms with E-state index in [2.05, 4.69) is 25.6 Å². The summed E-state index contributed by atoms with van der Waals surface area (Å²) in [6.45, 7) is 1.27. The van der Waals surface area contributed by atoms with Gasteiger partial charge in [0.15, 0.2) is 0 Å². The number of rotatable bonds is 7. The van der Waals surface area contributed by atoms with Crippen molar-refractivity contribution in [2.75, 3.05) is 25.0 Å². The van der Waals surface area contributed by atoms with Crippen LogP contribution in [0.2, 0.25) is 0 Å². The third kappa shape index (κ3) is 3.74. The van der Waals surface area contributed by atoms with Crippen LogP contribution in [0, 0.1) is 5.82 Å². The second-order valence-corrected chi connectivity index (χ2v) is 6.16. The zero-order chi connectivity index (χ0) is 17.7. The molecule has 0 unspecified atom stereocenters. The van der Waals surface area contributed by atoms with Gasteiger partial charge >= 0.3 is 0 Å². The second kappa shape index (κ2) is 7.52. The number of nitrogens with one attached hydrogen (secondary N) is 2. The van der Waals surface area contributed by atoms with Gasteiger partial charge in [0.05, 0.1) is 11.3 Å². The van der Waals surface area contributed by atoms with Crippen LogP contribution in [-0.2, 0) is 5.41 Å². The predicted molar refractivity (Wildman–Crippen MR) is 91.6 cm³/mol. The monoisotopic (exact) mass is 344 g/mol. The molecule has 3 rings (SSSR count). The summed E-state index contributed by atoms with van der Waals surface area (Å²) in [6, 6.07) is 3.03. The molecule has 2 aromatic heterocycles. The van der Waals surface area contributed by atoms with E-state index in [1.165, 1.54) is 18.5 Å². The highest BCUT2D eigenvalue weighted by Gasteiger charge is 2.41. The Balaban J connectivity index is 1.65. The van der Waals surface area contributed by atoms with Crippen LogP contribution in [0.15, 0.2) is 30.7 Å². The lowest BCUT2D eigenvalue weighted by Gasteiger charge is -2.41. The number of amides is 1. The van der Waals surface area contributed by atoms with Crippen molar-refractivity contribution < 1.29 is 9.18 Å². The first-order valence-electron chi connectivity index (χ1n) is 8.30. The fourth-order valence-corrected chi connectivity index (χ4v) is 2.95. The van der Waals surface area contributed by atoms with Crippen molar-refractivity contribution in [3.05, 3.63) is 47.8 Å². The van der Waals surface area contributed by atoms with Gasteiger partial charge in [0.1, 0.15) is 5.82 Å². The average molecular weight is 344 g/mol. The standard InChI is InChI=1S/C17H21FN6O/c18-13-3-1-7-20-14(13)17(4-2-5-17)11-24-16-22-9-12(10-23-16)15(25)21-8-6-19/h1,3,7,9-10H,2,4-6,8,11,19H2,(H,21,25)(H,22,23,24). The summed E-state index contributed by atoms with van der Waals surface area (Å²) in [4.78, 5) is 24.3. The van der Waals surface area contributed by atoms with E-state index in [-0.39, 0.29) is 17.1 Å². The van der Waals surface area contributed by atoms with Crippen molar-refractivity contribution in [3.8, 4) is 0 Å². The Labute approximate surface area is 145 Å². The van der Waals surface area contributed by atoms with Crippen LogP contribution in [0.4, 0.5) is 10.3 Å². The van der Waals surface area contributed by atoms with Gasteiger partial charge in [-0.3, -0.25) is 9.78 Å². The van der Waals surface area contributed by atoms with Crippen LogP contribution in [0.5, 0.6) is 0 Å². The fourth-order valence-electron chi connectivity index (χ4n) is 2.95. The number of nitrogens with two attached hydrogens (primary N) is 1. The maximum Gasteiger partial charge on any atom is 0.254 e. The Kier molecular flexibility index (Phi) is 5.18. The molecule has 132 valence electrons. The highest BCUT2D eigenvalue weighted by Crippen LogP contribution is 2.43. The molecular weight excluding hydrogens is 323 g/mol. The fraction of sp³-hybridized carbons (Fsp3) is 0.412. The van der Waals surface area contributed by atoms with Gasteiger partial charge in [-0.05, 0) is 25.0 Å². The summed E-state index contributed by atoms with van der Waals surface area (Å²) in [5.41, 5.74) is 5.88. The molecule has 0 spiro atoms. The first-order chi connectivity index (χ1) is 12.1. The van der Waals surface area contributed by atoms with Gasteiger partial charge in [-0.15, -0.1) is 0 Å². The van der Waals surface area contributed by atoms with Crippen molar-refractivity contribution >= 4 is 11.9 Å². The molecule has 7 nitrogen and oxygen atoms in total. The third-order valence-corrected chi connectivity index (χ3v) is 4.50. The number of carbonyl (C=O) groups is 1. The van der Waals surface area contributed by atoms with Gasteiger partial charge in [-0.1, -0.05) is 6.42 Å². The smallest absolute Gasteiger partial charge is 0.254 e. The molecule has 1 fully saturated rings. The molecule has 0 bridgehead atoms. The largest absolute Gasteiger partial charge is 0.353 e. The molecule has 0 aromatic carbocycles. The summed E-state index contributed by atoms with van der Waals surface area (Å²) in [7, 11) is 0. The summed E-state index contributed by atoms with van der Waals surface area (Å²) < 4.78 is 14.1. The van der Waals surface area contributed by atoms with Crippen LogP contribution in [0.1, 0.15) is 35.3 Å². The minimum Gasteiger partial charge on any atom is -0.353 e. The van der Waals surface area contributed by atoms with Gasteiger partial charge in [0, 0.05) is 43.6 Å². The third-order valence-electron chi connectivity index (χ3n) is 4.50. The van der Waals surface area contributed by atoms with Crippen LogP contribution < -0.4 is 16.4 Å². The number of halogens is 1. The Morgan fingerprint density at radius 2 is 2.04 bits per heavy atom. The lowest BCUT2D eigenvalue weighted by atomic mass is 9.66. The molecule has 2 aromatic rings. The van der Waals surface area contributed by atoms with E-state index in [9.17, 15) is 9.18 Å². The lowest BCUT2D eigenvalue weighted by molar-refractivity contribution is 0.0954. The number of nitrogens with zero attached hydrogens (tertiary/aromatic N) is 3. The van der Waals surface area contributed by atoms with E-state index in [4.69, 9.17) is 5.73 Å². The molecule has 8 heteroatoms. The van der Waals surface area contributed by atoms with Gasteiger partial charge in [-0.2, -0.15) is 0 Å². The Morgan fingerprint density at radius 3 is 2.64 bits per heavy atom. The first kappa shape index (κ1) is 17.2. The minimum atomic E-state index is -0.328. The number of anilines is 1. The highest BCUT2D eigenvalue weighted by molar-refractivity contribution is 5.93. The average Bonchev–Trinajstić information content (AvgIpc) is 2.60. The SMILES string of the molecule is NCCNC(=O)c1cnc(NCC2(c3ncccc3F)CCC2)nc1. The summed E-state index contributed by atoms with van der Waals surface area (Å²) in [5.74, 6) is -0.141. The van der Waals surface area contributed by atoms with Crippen LogP contribution >= 0.6 is 0 Å². The number of hydrogen-bond donors (Lipinski definition) is 3. The van der Waals surface area contributed by atoms with Gasteiger partial charge < -0.3 is 16.4 Å². The van der Waals surface area contributed by atoms with Crippen LogP contribution in [0.3, 0.4) is 0 Å². The minimum absolute atomic E-state index is 0.261. The number of pyridine rings is 1. The Hall–Kier alpha value is -2.61. The highest BCUT2D eigenvalue weighted by atomic mass is 19.1. The van der Waals surface area contributed by atoms with E-state index < -0.39 is 0 Å². The molecular formula is C17H21FN6O. The first-order valence-corrected chi connectivity index (χ1v) is 8.30. The zero-order valence-electron chi connectivity index (χ0n) is 13.8. The van der Waals surface area contributed by atoms with E-state index >= 15 is 0 Å². The normalized spacial score (nSPS) is 15.3. The van der Waals surface area contributed by atoms with E-state index in [0.717, 1.165) is 19.3 Å². The van der Waals surface area contributed by atoms with Crippen molar-refractivity contribution in [3.63, 3.8) is 0 Å². The van der Waals surface area contributed by atoms with E-state index in [0.29, 0.717) is 36.8 Å². The topological polar surface area (TPSA) is 106 Å². The van der Waals surface area contributed by atoms with Gasteiger partial charge in [0.25, 0.3) is 5.91 Å². The van der Waals surface area contributed by atoms with Crippen LogP contribution in [0.25, 0.3) is 0 Å². The lowest BCUT2D eigenvalue weighted by Crippen LogP contribution is -2.42. The molecule has 1 aliphatic carbocycles. The van der Waals surface area contributed by atoms with Crippen molar-refractivity contribution in [1.29, 1.82) is 0 Å². The molecule has 1 saturated carbocycles. The molecule has 4 N–H and O–H groups in total. The number of hydrogen-bond acceptors (Lipinski definition) is 6. The van der Waals surface area contributed by atoms with Crippen molar-refractivity contribution in [2.45, 2.75) is 24.7 Å². The quantitative estimate of drug-likeness (QED) is 0.698. The number of aromatic nitrogens is 3. The molecule has 0 radical (unpaired) electrons.